The maximum Gasteiger partial charge on any atom is 0.332 e. The number of H-pyrrole nitrogens is 1. The molecule has 0 aliphatic carbocycles. The summed E-state index contributed by atoms with van der Waals surface area (Å²) in [4.78, 5) is 53.9. The molecule has 5 rings (SSSR count). The number of halogens is 1. The summed E-state index contributed by atoms with van der Waals surface area (Å²) in [6.45, 7) is 3.89. The van der Waals surface area contributed by atoms with Crippen LogP contribution in [0.25, 0.3) is 29.5 Å². The van der Waals surface area contributed by atoms with Crippen molar-refractivity contribution in [2.24, 2.45) is 21.1 Å². The van der Waals surface area contributed by atoms with Gasteiger partial charge in [0.2, 0.25) is 0 Å². The van der Waals surface area contributed by atoms with Gasteiger partial charge in [-0.15, -0.1) is 0 Å². The third-order valence-electron chi connectivity index (χ3n) is 6.57. The van der Waals surface area contributed by atoms with Crippen molar-refractivity contribution < 1.29 is 19.4 Å². The van der Waals surface area contributed by atoms with Crippen molar-refractivity contribution >= 4 is 41.4 Å². The van der Waals surface area contributed by atoms with Crippen LogP contribution in [0.1, 0.15) is 15.9 Å². The van der Waals surface area contributed by atoms with Gasteiger partial charge in [-0.05, 0) is 42.0 Å². The average molecular weight is 578 g/mol. The van der Waals surface area contributed by atoms with Crippen LogP contribution in [0.4, 0.5) is 0 Å². The van der Waals surface area contributed by atoms with Crippen molar-refractivity contribution in [1.29, 1.82) is 0 Å². The number of nitrogens with one attached hydrogen (secondary N) is 1. The number of aromatic amines is 1. The third kappa shape index (κ3) is 4.51. The van der Waals surface area contributed by atoms with Crippen LogP contribution in [0.3, 0.4) is 0 Å². The van der Waals surface area contributed by atoms with E-state index in [1.54, 1.807) is 31.3 Å². The second-order valence-corrected chi connectivity index (χ2v) is 9.49. The Morgan fingerprint density at radius 1 is 1.02 bits per heavy atom. The number of rotatable bonds is 6. The zero-order valence-corrected chi connectivity index (χ0v) is 23.0. The van der Waals surface area contributed by atoms with E-state index in [1.165, 1.54) is 48.5 Å². The van der Waals surface area contributed by atoms with Crippen LogP contribution in [0.15, 0.2) is 50.8 Å². The minimum atomic E-state index is -1.47. The first-order chi connectivity index (χ1) is 19.4. The Balaban J connectivity index is 1.55. The zero-order chi connectivity index (χ0) is 29.7. The number of nitrogens with zero attached hydrogens (tertiary/aromatic N) is 5. The first-order valence-electron chi connectivity index (χ1n) is 11.9. The number of fused-ring (bicyclic) bond motifs is 1. The number of carboxylic acids is 1. The van der Waals surface area contributed by atoms with Crippen molar-refractivity contribution in [2.45, 2.75) is 0 Å². The molecule has 0 aliphatic heterocycles. The first kappa shape index (κ1) is 27.3. The van der Waals surface area contributed by atoms with E-state index >= 15 is 0 Å². The summed E-state index contributed by atoms with van der Waals surface area (Å²) in [5, 5.41) is 14.7. The quantitative estimate of drug-likeness (QED) is 0.283. The molecule has 0 saturated heterocycles. The number of hydrogen-bond acceptors (Lipinski definition) is 8. The van der Waals surface area contributed by atoms with E-state index in [0.717, 1.165) is 9.25 Å². The fourth-order valence-electron chi connectivity index (χ4n) is 4.35. The topological polar surface area (TPSA) is 158 Å². The molecule has 0 aliphatic rings. The Morgan fingerprint density at radius 2 is 1.76 bits per heavy atom. The molecule has 210 valence electrons. The van der Waals surface area contributed by atoms with Gasteiger partial charge in [0.1, 0.15) is 0 Å². The maximum absolute atomic E-state index is 13.2. The highest BCUT2D eigenvalue weighted by atomic mass is 35.5. The number of carboxylic acid groups (broad SMARTS) is 1. The molecule has 0 saturated carbocycles. The van der Waals surface area contributed by atoms with Gasteiger partial charge in [0, 0.05) is 31.7 Å². The first-order valence-corrected chi connectivity index (χ1v) is 12.3. The van der Waals surface area contributed by atoms with Crippen molar-refractivity contribution in [2.75, 3.05) is 7.11 Å². The van der Waals surface area contributed by atoms with Crippen molar-refractivity contribution in [3.8, 4) is 23.2 Å². The summed E-state index contributed by atoms with van der Waals surface area (Å²) in [7, 11) is 5.92. The van der Waals surface area contributed by atoms with Crippen LogP contribution < -0.4 is 42.0 Å². The lowest BCUT2D eigenvalue weighted by atomic mass is 10.1. The molecular weight excluding hydrogens is 556 g/mol. The number of benzene rings is 2. The largest absolute Gasteiger partial charge is 0.545 e. The minimum Gasteiger partial charge on any atom is -0.545 e. The summed E-state index contributed by atoms with van der Waals surface area (Å²) in [5.74, 6) is -0.912. The molecule has 0 unspecified atom stereocenters. The molecule has 3 aromatic heterocycles. The van der Waals surface area contributed by atoms with Gasteiger partial charge in [0.15, 0.2) is 22.7 Å². The highest BCUT2D eigenvalue weighted by molar-refractivity contribution is 6.33. The van der Waals surface area contributed by atoms with Crippen molar-refractivity contribution in [1.82, 2.24) is 28.5 Å². The van der Waals surface area contributed by atoms with E-state index in [0.29, 0.717) is 11.3 Å². The molecule has 0 amide bonds. The van der Waals surface area contributed by atoms with E-state index in [4.69, 9.17) is 21.1 Å². The second-order valence-electron chi connectivity index (χ2n) is 9.08. The minimum absolute atomic E-state index is 0.0189. The Kier molecular flexibility index (Phi) is 6.67. The summed E-state index contributed by atoms with van der Waals surface area (Å²) in [6, 6.07) is 9.01. The number of imidazole rings is 1. The number of aryl methyl sites for hydroxylation is 2. The van der Waals surface area contributed by atoms with Gasteiger partial charge in [-0.25, -0.2) is 9.48 Å². The molecule has 2 aromatic carbocycles. The SMILES string of the molecule is C=c1[nH]n(-c2ccc(Cl)c(C(=O)[O-])c2)c(=O)/c1=C\c1ccc(Oc2nc3c(c(=O)n(C)c(=O)n3C)n2C)c(OC)c1. The maximum atomic E-state index is 13.2. The summed E-state index contributed by atoms with van der Waals surface area (Å²) >= 11 is 5.92. The monoisotopic (exact) mass is 577 g/mol. The molecular formula is C27H22ClN6O7-. The Bertz CT molecular complexity index is 2190. The number of ether oxygens (including phenoxy) is 2. The van der Waals surface area contributed by atoms with Gasteiger partial charge in [0.25, 0.3) is 11.1 Å². The molecule has 14 heteroatoms. The van der Waals surface area contributed by atoms with Gasteiger partial charge in [-0.1, -0.05) is 24.2 Å². The number of aromatic nitrogens is 6. The smallest absolute Gasteiger partial charge is 0.332 e. The average Bonchev–Trinajstić information content (AvgIpc) is 3.42. The molecule has 0 radical (unpaired) electrons. The second kappa shape index (κ2) is 10.0. The Labute approximate surface area is 235 Å². The number of aromatic carboxylic acids is 1. The number of carbonyl (C=O) groups is 1. The lowest BCUT2D eigenvalue weighted by molar-refractivity contribution is -0.255. The van der Waals surface area contributed by atoms with Crippen LogP contribution in [-0.2, 0) is 21.1 Å². The third-order valence-corrected chi connectivity index (χ3v) is 6.90. The lowest BCUT2D eigenvalue weighted by Gasteiger charge is -2.10. The van der Waals surface area contributed by atoms with Gasteiger partial charge < -0.3 is 19.4 Å². The molecule has 0 atom stereocenters. The molecule has 13 nitrogen and oxygen atoms in total. The number of methoxy groups -OCH3 is 1. The highest BCUT2D eigenvalue weighted by Crippen LogP contribution is 2.32. The van der Waals surface area contributed by atoms with Gasteiger partial charge >= 0.3 is 11.7 Å². The number of carbonyl (C=O) groups excluding carboxylic acids is 1. The van der Waals surface area contributed by atoms with Crippen molar-refractivity contribution in [3.63, 3.8) is 0 Å². The molecule has 3 heterocycles. The summed E-state index contributed by atoms with van der Waals surface area (Å²) in [5.41, 5.74) is -0.618. The predicted octanol–water partition coefficient (Wildman–Crippen LogP) is -0.493. The van der Waals surface area contributed by atoms with Gasteiger partial charge in [-0.3, -0.25) is 28.4 Å². The molecule has 0 spiro atoms. The van der Waals surface area contributed by atoms with Crippen LogP contribution in [0.5, 0.6) is 17.5 Å². The Hall–Kier alpha value is -5.30. The van der Waals surface area contributed by atoms with Crippen LogP contribution in [0.2, 0.25) is 5.02 Å². The predicted molar refractivity (Wildman–Crippen MR) is 148 cm³/mol. The summed E-state index contributed by atoms with van der Waals surface area (Å²) < 4.78 is 16.3. The van der Waals surface area contributed by atoms with E-state index in [-0.39, 0.29) is 49.8 Å². The van der Waals surface area contributed by atoms with Crippen LogP contribution >= 0.6 is 11.6 Å². The fourth-order valence-corrected chi connectivity index (χ4v) is 4.54. The van der Waals surface area contributed by atoms with E-state index in [1.807, 2.05) is 0 Å². The molecule has 41 heavy (non-hydrogen) atoms. The molecule has 0 bridgehead atoms. The van der Waals surface area contributed by atoms with E-state index in [2.05, 4.69) is 16.7 Å². The molecule has 1 N–H and O–H groups in total. The standard InChI is InChI=1S/C27H23ClN6O7/c1-13-16(23(35)34(30-13)15-7-8-18(28)17(12-15)25(37)38)10-14-6-9-19(20(11-14)40-5)41-26-29-22-21(31(26)2)24(36)33(4)27(39)32(22)3/h6-12,30H,1H2,2-5H3,(H,37,38)/p-1/b16-10-. The summed E-state index contributed by atoms with van der Waals surface area (Å²) in [6.07, 6.45) is 1.58. The van der Waals surface area contributed by atoms with Gasteiger partial charge in [0.05, 0.1) is 29.3 Å². The van der Waals surface area contributed by atoms with Crippen molar-refractivity contribution in [3.05, 3.63) is 94.3 Å². The molecule has 0 fully saturated rings. The zero-order valence-electron chi connectivity index (χ0n) is 22.2. The Morgan fingerprint density at radius 3 is 2.44 bits per heavy atom. The van der Waals surface area contributed by atoms with E-state index < -0.39 is 22.8 Å². The van der Waals surface area contributed by atoms with Crippen LogP contribution in [-0.4, -0.2) is 41.5 Å². The van der Waals surface area contributed by atoms with Crippen LogP contribution in [0, 0.1) is 0 Å². The lowest BCUT2D eigenvalue weighted by Crippen LogP contribution is -2.37. The highest BCUT2D eigenvalue weighted by Gasteiger charge is 2.19. The number of hydrogen-bond donors (Lipinski definition) is 1. The van der Waals surface area contributed by atoms with E-state index in [9.17, 15) is 24.3 Å². The fraction of sp³-hybridized carbons (Fsp3) is 0.148. The normalized spacial score (nSPS) is 11.8. The molecule has 5 aromatic rings. The van der Waals surface area contributed by atoms with Gasteiger partial charge in [-0.2, -0.15) is 4.98 Å².